The number of ether oxygens (including phenoxy) is 10. The van der Waals surface area contributed by atoms with Crippen LogP contribution in [0.2, 0.25) is 0 Å². The fourth-order valence-electron chi connectivity index (χ4n) is 18.4. The number of aliphatic hydroxyl groups is 2. The lowest BCUT2D eigenvalue weighted by molar-refractivity contribution is -0.297. The SMILES string of the molecule is CCCCCCCCCCCCO[C@H](CCCCCCCCCCC)CCO[C@@H]1[C@@H](NC(C)=O)[C@H](OC[C@H]2O[C@H](C(=O)OC(c3ccccc3)c3ccccc3)[C@H](NC(=O)C[C@@H](CCCCCCCCCCC)OCc3ccccc3)[C@@H](OCC[C@@H](CCCCCCCCCCC)OCc3ccccc3)[C@@H]2O)O[C@H](C(O)C(=O)OCc2ccccc2)[C@H]1OP(=O)(Oc1ccccc1)Oc1ccccc1. The Hall–Kier alpha value is -8.19. The van der Waals surface area contributed by atoms with Crippen LogP contribution in [0.5, 0.6) is 11.5 Å². The first-order valence-corrected chi connectivity index (χ1v) is 54.9. The van der Waals surface area contributed by atoms with E-state index in [1.807, 2.05) is 127 Å². The van der Waals surface area contributed by atoms with Crippen LogP contribution in [0.25, 0.3) is 0 Å². The quantitative estimate of drug-likeness (QED) is 0.0157. The molecule has 0 aromatic heterocycles. The Balaban J connectivity index is 1.12. The molecule has 2 saturated heterocycles. The molecule has 2 heterocycles. The Morgan fingerprint density at radius 1 is 0.388 bits per heavy atom. The van der Waals surface area contributed by atoms with Gasteiger partial charge in [-0.05, 0) is 90.6 Å². The van der Waals surface area contributed by atoms with E-state index in [9.17, 15) is 15.0 Å². The van der Waals surface area contributed by atoms with E-state index < -0.39 is 118 Å². The summed E-state index contributed by atoms with van der Waals surface area (Å²) in [5.74, 6) is -3.11. The van der Waals surface area contributed by atoms with Crippen molar-refractivity contribution in [1.82, 2.24) is 10.6 Å². The van der Waals surface area contributed by atoms with Crippen LogP contribution < -0.4 is 19.7 Å². The molecule has 9 rings (SSSR count). The maximum absolute atomic E-state index is 16.3. The second kappa shape index (κ2) is 69.7. The molecule has 0 aliphatic carbocycles. The molecule has 2 aliphatic rings. The molecule has 7 aromatic carbocycles. The first-order valence-electron chi connectivity index (χ1n) is 53.4. The van der Waals surface area contributed by atoms with Gasteiger partial charge >= 0.3 is 19.8 Å². The second-order valence-corrected chi connectivity index (χ2v) is 39.5. The van der Waals surface area contributed by atoms with Crippen LogP contribution in [0.4, 0.5) is 0 Å². The molecule has 4 N–H and O–H groups in total. The average molecular weight is 1940 g/mol. The van der Waals surface area contributed by atoms with Crippen LogP contribution >= 0.6 is 7.82 Å². The zero-order valence-corrected chi connectivity index (χ0v) is 85.3. The predicted molar refractivity (Wildman–Crippen MR) is 549 cm³/mol. The lowest BCUT2D eigenvalue weighted by Crippen LogP contribution is -2.69. The number of hydrogen-bond donors (Lipinski definition) is 4. The number of carbonyl (C=O) groups excluding carboxylic acids is 4. The molecule has 22 nitrogen and oxygen atoms in total. The van der Waals surface area contributed by atoms with Crippen molar-refractivity contribution in [3.8, 4) is 11.5 Å². The third kappa shape index (κ3) is 45.1. The summed E-state index contributed by atoms with van der Waals surface area (Å²) < 4.78 is 105. The highest BCUT2D eigenvalue weighted by molar-refractivity contribution is 7.49. The van der Waals surface area contributed by atoms with Gasteiger partial charge < -0.3 is 77.3 Å². The van der Waals surface area contributed by atoms with E-state index in [0.29, 0.717) is 62.0 Å². The third-order valence-electron chi connectivity index (χ3n) is 26.4. The third-order valence-corrected chi connectivity index (χ3v) is 27.7. The van der Waals surface area contributed by atoms with E-state index in [4.69, 9.17) is 60.9 Å². The molecule has 0 bridgehead atoms. The number of amides is 2. The summed E-state index contributed by atoms with van der Waals surface area (Å²) in [5, 5.41) is 33.0. The molecular formula is C116H169N2O20P. The van der Waals surface area contributed by atoms with Gasteiger partial charge in [0.25, 0.3) is 0 Å². The average Bonchev–Trinajstić information content (AvgIpc) is 0.842. The van der Waals surface area contributed by atoms with Gasteiger partial charge in [0, 0.05) is 26.7 Å². The Bertz CT molecular complexity index is 4260. The monoisotopic (exact) mass is 1940 g/mol. The first-order chi connectivity index (χ1) is 68.1. The minimum atomic E-state index is -5.12. The summed E-state index contributed by atoms with van der Waals surface area (Å²) in [5.41, 5.74) is 3.79. The highest BCUT2D eigenvalue weighted by atomic mass is 31.2. The molecule has 1 unspecified atom stereocenters. The van der Waals surface area contributed by atoms with Crippen molar-refractivity contribution in [3.63, 3.8) is 0 Å². The van der Waals surface area contributed by atoms with Crippen molar-refractivity contribution in [2.24, 2.45) is 0 Å². The number of esters is 2. The van der Waals surface area contributed by atoms with Gasteiger partial charge in [0.2, 0.25) is 11.8 Å². The van der Waals surface area contributed by atoms with Crippen molar-refractivity contribution in [3.05, 3.63) is 240 Å². The highest BCUT2D eigenvalue weighted by Gasteiger charge is 2.57. The van der Waals surface area contributed by atoms with Crippen molar-refractivity contribution < 1.29 is 94.9 Å². The van der Waals surface area contributed by atoms with Gasteiger partial charge in [-0.25, -0.2) is 14.2 Å². The van der Waals surface area contributed by atoms with Crippen LogP contribution in [0.1, 0.15) is 345 Å². The van der Waals surface area contributed by atoms with Gasteiger partial charge in [-0.15, -0.1) is 0 Å². The summed E-state index contributed by atoms with van der Waals surface area (Å²) >= 11 is 0. The number of unbranched alkanes of at least 4 members (excludes halogenated alkanes) is 33. The number of carbonyl (C=O) groups is 4. The van der Waals surface area contributed by atoms with Gasteiger partial charge in [0.05, 0.1) is 50.6 Å². The molecule has 2 fully saturated rings. The number of rotatable bonds is 77. The Morgan fingerprint density at radius 2 is 0.763 bits per heavy atom. The van der Waals surface area contributed by atoms with E-state index in [-0.39, 0.29) is 56.6 Å². The molecule has 768 valence electrons. The van der Waals surface area contributed by atoms with E-state index in [1.54, 1.807) is 84.9 Å². The second-order valence-electron chi connectivity index (χ2n) is 38.0. The molecule has 0 spiro atoms. The molecule has 0 saturated carbocycles. The minimum absolute atomic E-state index is 0.0364. The fraction of sp³-hybridized carbons (Fsp3) is 0.603. The minimum Gasteiger partial charge on any atom is -0.459 e. The maximum atomic E-state index is 16.3. The van der Waals surface area contributed by atoms with Crippen molar-refractivity contribution in [2.75, 3.05) is 26.4 Å². The fourth-order valence-corrected chi connectivity index (χ4v) is 19.8. The van der Waals surface area contributed by atoms with Crippen LogP contribution in [0.3, 0.4) is 0 Å². The number of para-hydroxylation sites is 2. The smallest absolute Gasteiger partial charge is 0.459 e. The van der Waals surface area contributed by atoms with Gasteiger partial charge in [0.1, 0.15) is 60.8 Å². The van der Waals surface area contributed by atoms with E-state index in [0.717, 1.165) is 107 Å². The van der Waals surface area contributed by atoms with Gasteiger partial charge in [-0.1, -0.05) is 447 Å². The normalized spacial score (nSPS) is 19.1. The molecule has 23 heteroatoms. The largest absolute Gasteiger partial charge is 0.588 e. The number of nitrogens with one attached hydrogen (secondary N) is 2. The molecule has 2 aliphatic heterocycles. The number of hydrogen-bond acceptors (Lipinski definition) is 20. The molecule has 139 heavy (non-hydrogen) atoms. The standard InChI is InChI=1S/C116H169N2O20P/c1-6-10-14-18-22-26-30-34-38-63-83-126-97(74-56-35-31-27-23-19-15-11-7-2)81-85-128-110-105(117-91(5)119)116(135-112(107(122)114(123)131-89-94-68-50-41-51-69-94)113(110)138-139(125,136-99-76-59-44-60-77-99)137-100-78-61-45-62-79-100)132-90-102-106(121)109(127-84-82-98(129-87-92-64-46-39-47-65-92)75-57-36-32-28-24-20-16-12-8-3)104(111(133-102)115(124)134-108(95-70-52-42-53-71-95)96-72-54-43-55-73-96)118-103(120)86-101(130-88-93-66-48-40-49-67-93)80-58-37-33-29-25-21-17-13-9-4/h39-55,59-62,64-73,76-79,97-98,101-102,104-113,116,121-122H,6-38,56-58,63,74-75,80-90H2,1-5H3,(H,117,119)(H,118,120)/t97-,98-,101-,102-,104-,105-,106-,107?,109-,110-,111+,112-,113+,116-/m1/s1. The summed E-state index contributed by atoms with van der Waals surface area (Å²) in [6.45, 7) is 10.2. The summed E-state index contributed by atoms with van der Waals surface area (Å²) in [6.07, 6.45) is 25.9. The zero-order valence-electron chi connectivity index (χ0n) is 84.4. The molecule has 7 aromatic rings. The van der Waals surface area contributed by atoms with Crippen molar-refractivity contribution >= 4 is 31.6 Å². The van der Waals surface area contributed by atoms with Crippen LogP contribution in [0.15, 0.2) is 212 Å². The summed E-state index contributed by atoms with van der Waals surface area (Å²) in [7, 11) is -5.12. The summed E-state index contributed by atoms with van der Waals surface area (Å²) in [6, 6.07) is 60.8. The number of aliphatic hydroxyl groups excluding tert-OH is 2. The maximum Gasteiger partial charge on any atom is 0.588 e. The number of phosphoric acid groups is 1. The Kier molecular flexibility index (Phi) is 57.3. The van der Waals surface area contributed by atoms with E-state index in [2.05, 4.69) is 38.3 Å². The van der Waals surface area contributed by atoms with Crippen molar-refractivity contribution in [2.45, 2.75) is 422 Å². The predicted octanol–water partition coefficient (Wildman–Crippen LogP) is 26.1. The number of phosphoric ester groups is 1. The molecular weight excluding hydrogens is 1770 g/mol. The topological polar surface area (TPSA) is 270 Å². The molecule has 0 radical (unpaired) electrons. The Labute approximate surface area is 832 Å². The van der Waals surface area contributed by atoms with Gasteiger partial charge in [0.15, 0.2) is 24.6 Å². The molecule has 2 amide bonds. The Morgan fingerprint density at radius 3 is 1.19 bits per heavy atom. The lowest BCUT2D eigenvalue weighted by atomic mass is 9.91. The van der Waals surface area contributed by atoms with E-state index >= 15 is 18.9 Å². The van der Waals surface area contributed by atoms with Crippen LogP contribution in [-0.4, -0.2) is 146 Å². The first kappa shape index (κ1) is 114. The van der Waals surface area contributed by atoms with E-state index in [1.165, 1.54) is 148 Å². The van der Waals surface area contributed by atoms with Crippen molar-refractivity contribution in [1.29, 1.82) is 0 Å². The zero-order chi connectivity index (χ0) is 98.2. The van der Waals surface area contributed by atoms with Crippen LogP contribution in [0, 0.1) is 0 Å². The van der Waals surface area contributed by atoms with Gasteiger partial charge in [-0.3, -0.25) is 14.1 Å². The summed E-state index contributed by atoms with van der Waals surface area (Å²) in [4.78, 5) is 61.5. The number of benzene rings is 7. The highest BCUT2D eigenvalue weighted by Crippen LogP contribution is 2.53. The lowest BCUT2D eigenvalue weighted by Gasteiger charge is -2.48. The van der Waals surface area contributed by atoms with Crippen LogP contribution in [-0.2, 0) is 95.5 Å². The van der Waals surface area contributed by atoms with Gasteiger partial charge in [-0.2, -0.15) is 0 Å². The molecule has 14 atom stereocenters.